The Morgan fingerprint density at radius 2 is 1.74 bits per heavy atom. The SMILES string of the molecule is C/C=C(\C)F.C/C=C\C.C=C.C=C(N)/N=C(/C(=O)Nc1cn[nH]c1C(=O)NC)N(C)C. The number of nitrogens with zero attached hydrogens (tertiary/aromatic N) is 3. The third-order valence-corrected chi connectivity index (χ3v) is 2.95. The largest absolute Gasteiger partial charge is 0.384 e. The van der Waals surface area contributed by atoms with Gasteiger partial charge in [0.1, 0.15) is 11.5 Å². The standard InChI is InChI=1S/C11H17N7O2.C4H7F.C4H8.C2H4/c1-6(12)15-9(18(3)4)11(20)16-7-5-14-17-8(7)10(19)13-2;1-3-4(2)5;1-3-4-2;1-2/h5H,1,12H2,2-4H3,(H,13,19)(H,14,17)(H,16,20);3H,1-2H3;3-4H,1-2H3;1-2H2/b15-9-;4-3+;4-3-;. The summed E-state index contributed by atoms with van der Waals surface area (Å²) in [5.74, 6) is -0.994. The van der Waals surface area contributed by atoms with Crippen LogP contribution in [0.4, 0.5) is 10.1 Å². The molecule has 2 amide bonds. The lowest BCUT2D eigenvalue weighted by atomic mass is 10.3. The van der Waals surface area contributed by atoms with Crippen LogP contribution >= 0.6 is 0 Å². The van der Waals surface area contributed by atoms with Crippen LogP contribution in [-0.2, 0) is 4.79 Å². The molecule has 0 spiro atoms. The van der Waals surface area contributed by atoms with Crippen molar-refractivity contribution < 1.29 is 14.0 Å². The van der Waals surface area contributed by atoms with Crippen LogP contribution in [0.25, 0.3) is 0 Å². The Morgan fingerprint density at radius 3 is 2.06 bits per heavy atom. The van der Waals surface area contributed by atoms with Crippen LogP contribution in [0.15, 0.2) is 60.8 Å². The summed E-state index contributed by atoms with van der Waals surface area (Å²) >= 11 is 0. The number of hydrogen-bond acceptors (Lipinski definition) is 5. The van der Waals surface area contributed by atoms with E-state index in [1.165, 1.54) is 31.1 Å². The van der Waals surface area contributed by atoms with E-state index in [4.69, 9.17) is 5.73 Å². The number of nitrogens with two attached hydrogens (primary N) is 1. The first kappa shape index (κ1) is 32.0. The molecule has 0 bridgehead atoms. The fourth-order valence-electron chi connectivity index (χ4n) is 1.35. The van der Waals surface area contributed by atoms with Crippen LogP contribution < -0.4 is 16.4 Å². The molecule has 0 aromatic carbocycles. The van der Waals surface area contributed by atoms with Gasteiger partial charge in [-0.1, -0.05) is 24.8 Å². The molecule has 0 aliphatic rings. The lowest BCUT2D eigenvalue weighted by Gasteiger charge is -2.15. The number of aromatic nitrogens is 2. The molecule has 1 heterocycles. The van der Waals surface area contributed by atoms with E-state index in [2.05, 4.69) is 45.6 Å². The Balaban J connectivity index is -0.000000593. The van der Waals surface area contributed by atoms with Crippen molar-refractivity contribution in [1.29, 1.82) is 0 Å². The Morgan fingerprint density at radius 1 is 1.26 bits per heavy atom. The van der Waals surface area contributed by atoms with Gasteiger partial charge in [0.05, 0.1) is 17.7 Å². The molecule has 0 fully saturated rings. The molecular weight excluding hydrogens is 401 g/mol. The Kier molecular flexibility index (Phi) is 20.2. The van der Waals surface area contributed by atoms with Crippen molar-refractivity contribution in [2.24, 2.45) is 10.7 Å². The minimum absolute atomic E-state index is 0.00238. The molecule has 10 heteroatoms. The van der Waals surface area contributed by atoms with Crippen molar-refractivity contribution >= 4 is 23.3 Å². The average Bonchev–Trinajstić information content (AvgIpc) is 3.21. The summed E-state index contributed by atoms with van der Waals surface area (Å²) in [6.07, 6.45) is 6.74. The molecule has 0 atom stereocenters. The zero-order valence-electron chi connectivity index (χ0n) is 19.5. The summed E-state index contributed by atoms with van der Waals surface area (Å²) in [6, 6.07) is 0. The predicted octanol–water partition coefficient (Wildman–Crippen LogP) is 3.36. The molecule has 5 N–H and O–H groups in total. The lowest BCUT2D eigenvalue weighted by molar-refractivity contribution is -0.110. The third-order valence-electron chi connectivity index (χ3n) is 2.95. The molecule has 0 aliphatic heterocycles. The number of H-pyrrole nitrogens is 1. The molecule has 174 valence electrons. The topological polar surface area (TPSA) is 128 Å². The highest BCUT2D eigenvalue weighted by molar-refractivity contribution is 6.42. The number of likely N-dealkylation sites (N-methyl/N-ethyl adjacent to an activating group) is 1. The van der Waals surface area contributed by atoms with Crippen molar-refractivity contribution in [2.45, 2.75) is 27.7 Å². The lowest BCUT2D eigenvalue weighted by Crippen LogP contribution is -2.35. The smallest absolute Gasteiger partial charge is 0.291 e. The van der Waals surface area contributed by atoms with Gasteiger partial charge in [0, 0.05) is 21.1 Å². The summed E-state index contributed by atoms with van der Waals surface area (Å²) < 4.78 is 11.3. The molecule has 1 aromatic heterocycles. The summed E-state index contributed by atoms with van der Waals surface area (Å²) in [5.41, 5.74) is 5.76. The maximum absolute atomic E-state index is 12.1. The molecule has 0 radical (unpaired) electrons. The number of aliphatic imine (C=N–C) groups is 1. The molecule has 0 unspecified atom stereocenters. The van der Waals surface area contributed by atoms with Gasteiger partial charge in [-0.25, -0.2) is 9.38 Å². The number of hydrogen-bond donors (Lipinski definition) is 4. The number of halogens is 1. The van der Waals surface area contributed by atoms with E-state index in [0.29, 0.717) is 0 Å². The van der Waals surface area contributed by atoms with Gasteiger partial charge < -0.3 is 21.3 Å². The first-order chi connectivity index (χ1) is 14.5. The Bertz CT molecular complexity index is 758. The number of amidine groups is 1. The maximum atomic E-state index is 12.1. The minimum atomic E-state index is -0.534. The number of anilines is 1. The van der Waals surface area contributed by atoms with Crippen molar-refractivity contribution in [3.05, 3.63) is 61.5 Å². The molecular formula is C21H36FN7O2. The number of carbonyl (C=O) groups excluding carboxylic acids is 2. The fraction of sp³-hybridized carbons (Fsp3) is 0.333. The first-order valence-electron chi connectivity index (χ1n) is 9.18. The molecule has 0 aliphatic carbocycles. The van der Waals surface area contributed by atoms with Crippen LogP contribution in [0.2, 0.25) is 0 Å². The number of allylic oxidation sites excluding steroid dienone is 4. The number of amides is 2. The number of nitrogens with one attached hydrogen (secondary N) is 3. The summed E-state index contributed by atoms with van der Waals surface area (Å²) in [4.78, 5) is 29.0. The van der Waals surface area contributed by atoms with Gasteiger partial charge >= 0.3 is 0 Å². The molecule has 0 saturated carbocycles. The van der Waals surface area contributed by atoms with Gasteiger partial charge in [-0.2, -0.15) is 5.10 Å². The third kappa shape index (κ3) is 15.9. The van der Waals surface area contributed by atoms with Crippen LogP contribution in [0, 0.1) is 0 Å². The van der Waals surface area contributed by atoms with Gasteiger partial charge in [-0.3, -0.25) is 14.7 Å². The van der Waals surface area contributed by atoms with Crippen LogP contribution in [-0.4, -0.2) is 53.9 Å². The van der Waals surface area contributed by atoms with Gasteiger partial charge in [0.15, 0.2) is 5.84 Å². The zero-order chi connectivity index (χ0) is 25.0. The minimum Gasteiger partial charge on any atom is -0.384 e. The van der Waals surface area contributed by atoms with Crippen molar-refractivity contribution in [3.63, 3.8) is 0 Å². The molecule has 31 heavy (non-hydrogen) atoms. The summed E-state index contributed by atoms with van der Waals surface area (Å²) in [6.45, 7) is 16.5. The first-order valence-corrected chi connectivity index (χ1v) is 9.18. The highest BCUT2D eigenvalue weighted by atomic mass is 19.1. The quantitative estimate of drug-likeness (QED) is 0.327. The van der Waals surface area contributed by atoms with Crippen molar-refractivity contribution in [2.75, 3.05) is 26.5 Å². The summed E-state index contributed by atoms with van der Waals surface area (Å²) in [5, 5.41) is 11.2. The van der Waals surface area contributed by atoms with Crippen molar-refractivity contribution in [1.82, 2.24) is 20.4 Å². The Labute approximate surface area is 184 Å². The molecule has 0 saturated heterocycles. The van der Waals surface area contributed by atoms with E-state index in [1.54, 1.807) is 21.0 Å². The fourth-order valence-corrected chi connectivity index (χ4v) is 1.35. The molecule has 1 aromatic rings. The van der Waals surface area contributed by atoms with E-state index in [1.807, 2.05) is 26.0 Å². The predicted molar refractivity (Wildman–Crippen MR) is 127 cm³/mol. The van der Waals surface area contributed by atoms with Crippen molar-refractivity contribution in [3.8, 4) is 0 Å². The number of aromatic amines is 1. The second-order valence-electron chi connectivity index (χ2n) is 5.56. The maximum Gasteiger partial charge on any atom is 0.291 e. The van der Waals surface area contributed by atoms with Gasteiger partial charge in [0.25, 0.3) is 11.8 Å². The van der Waals surface area contributed by atoms with Gasteiger partial charge in [0.2, 0.25) is 0 Å². The second-order valence-corrected chi connectivity index (χ2v) is 5.56. The normalized spacial score (nSPS) is 10.3. The second kappa shape index (κ2) is 19.6. The highest BCUT2D eigenvalue weighted by Crippen LogP contribution is 2.11. The molecule has 9 nitrogen and oxygen atoms in total. The van der Waals surface area contributed by atoms with Crippen LogP contribution in [0.3, 0.4) is 0 Å². The van der Waals surface area contributed by atoms with E-state index in [0.717, 1.165) is 0 Å². The van der Waals surface area contributed by atoms with E-state index >= 15 is 0 Å². The highest BCUT2D eigenvalue weighted by Gasteiger charge is 2.19. The Hall–Kier alpha value is -3.69. The van der Waals surface area contributed by atoms with Crippen LogP contribution in [0.1, 0.15) is 38.2 Å². The van der Waals surface area contributed by atoms with Crippen LogP contribution in [0.5, 0.6) is 0 Å². The molecule has 1 rings (SSSR count). The number of rotatable bonds is 3. The van der Waals surface area contributed by atoms with E-state index in [9.17, 15) is 14.0 Å². The monoisotopic (exact) mass is 437 g/mol. The average molecular weight is 438 g/mol. The number of carbonyl (C=O) groups is 2. The van der Waals surface area contributed by atoms with E-state index < -0.39 is 11.8 Å². The van der Waals surface area contributed by atoms with Gasteiger partial charge in [-0.05, 0) is 27.7 Å². The zero-order valence-corrected chi connectivity index (χ0v) is 19.5. The van der Waals surface area contributed by atoms with Gasteiger partial charge in [-0.15, -0.1) is 13.2 Å². The van der Waals surface area contributed by atoms with E-state index in [-0.39, 0.29) is 28.9 Å². The summed E-state index contributed by atoms with van der Waals surface area (Å²) in [7, 11) is 4.74.